The van der Waals surface area contributed by atoms with Crippen LogP contribution in [0, 0.1) is 38.8 Å². The van der Waals surface area contributed by atoms with Gasteiger partial charge in [0.1, 0.15) is 5.58 Å². The summed E-state index contributed by atoms with van der Waals surface area (Å²) in [4.78, 5) is 9.65. The zero-order chi connectivity index (χ0) is 37.7. The summed E-state index contributed by atoms with van der Waals surface area (Å²) in [5, 5.41) is 2.19. The number of imidazole rings is 1. The minimum absolute atomic E-state index is 0. The molecule has 0 atom stereocenters. The van der Waals surface area contributed by atoms with Gasteiger partial charge in [-0.05, 0) is 50.1 Å². The van der Waals surface area contributed by atoms with Gasteiger partial charge in [-0.2, -0.15) is 0 Å². The molecule has 0 N–H and O–H groups in total. The Kier molecular flexibility index (Phi) is 10.3. The maximum absolute atomic E-state index is 8.56. The first kappa shape index (κ1) is 34.8. The fraction of sp³-hybridized carbons (Fsp3) is 0.217. The summed E-state index contributed by atoms with van der Waals surface area (Å²) in [6, 6.07) is 41.2. The number of hydrogen-bond donors (Lipinski definition) is 0. The number of nitrogens with zero attached hydrogens (tertiary/aromatic N) is 3. The smallest absolute Gasteiger partial charge is 0 e. The molecular weight excluding hydrogens is 875 g/mol. The Morgan fingerprint density at radius 2 is 1.54 bits per heavy atom. The van der Waals surface area contributed by atoms with E-state index < -0.39 is 19.6 Å². The molecular formula is C46H45GeIrN3O-2. The first-order valence-electron chi connectivity index (χ1n) is 18.6. The molecule has 0 aliphatic heterocycles. The van der Waals surface area contributed by atoms with Gasteiger partial charge in [0.15, 0.2) is 0 Å². The molecule has 0 saturated carbocycles. The molecule has 4 nitrogen and oxygen atoms in total. The molecule has 265 valence electrons. The van der Waals surface area contributed by atoms with Crippen molar-refractivity contribution < 1.29 is 27.3 Å². The Balaban J connectivity index is 0.000000193. The second-order valence-electron chi connectivity index (χ2n) is 14.6. The van der Waals surface area contributed by atoms with E-state index >= 15 is 0 Å². The Morgan fingerprint density at radius 3 is 2.25 bits per heavy atom. The first-order valence-corrected chi connectivity index (χ1v) is 25.0. The fourth-order valence-corrected chi connectivity index (χ4v) is 9.93. The summed E-state index contributed by atoms with van der Waals surface area (Å²) in [5.41, 5.74) is 12.0. The average molecular weight is 923 g/mol. The van der Waals surface area contributed by atoms with Gasteiger partial charge in [0.2, 0.25) is 0 Å². The number of furan rings is 1. The monoisotopic (exact) mass is 924 g/mol. The van der Waals surface area contributed by atoms with Crippen LogP contribution in [-0.4, -0.2) is 27.8 Å². The van der Waals surface area contributed by atoms with Gasteiger partial charge in [-0.15, -0.1) is 18.2 Å². The van der Waals surface area contributed by atoms with Gasteiger partial charge in [-0.1, -0.05) is 59.0 Å². The zero-order valence-corrected chi connectivity index (χ0v) is 35.5. The third kappa shape index (κ3) is 7.46. The van der Waals surface area contributed by atoms with E-state index in [4.69, 9.17) is 12.1 Å². The fourth-order valence-electron chi connectivity index (χ4n) is 6.99. The number of fused-ring (bicyclic) bond motifs is 4. The molecule has 8 aromatic rings. The van der Waals surface area contributed by atoms with Crippen LogP contribution >= 0.6 is 0 Å². The van der Waals surface area contributed by atoms with Crippen molar-refractivity contribution in [2.75, 3.05) is 0 Å². The SMILES string of the molecule is Cc1cc(C)c(-n2c(-c3[c-]ccc4c3oc3ccccc34)nc3ccccc32)c(C)c1.[2H]C([2H])(c1cc(-c2[c-]cccc2)nc[c]1[Ge]([CH3])([CH3])[CH3])C(C)C.[Ir]. The van der Waals surface area contributed by atoms with Gasteiger partial charge < -0.3 is 8.98 Å². The van der Waals surface area contributed by atoms with E-state index in [-0.39, 0.29) is 26.0 Å². The van der Waals surface area contributed by atoms with Crippen LogP contribution in [-0.2, 0) is 26.5 Å². The normalized spacial score (nSPS) is 12.4. The van der Waals surface area contributed by atoms with Gasteiger partial charge in [0.05, 0.1) is 22.4 Å². The Hall–Kier alpha value is -4.29. The molecule has 8 rings (SSSR count). The molecule has 0 bridgehead atoms. The summed E-state index contributed by atoms with van der Waals surface area (Å²) >= 11 is -2.20. The Labute approximate surface area is 326 Å². The summed E-state index contributed by atoms with van der Waals surface area (Å²) < 4.78 is 26.9. The molecule has 1 radical (unpaired) electrons. The molecule has 3 heterocycles. The topological polar surface area (TPSA) is 43.9 Å². The van der Waals surface area contributed by atoms with E-state index in [9.17, 15) is 0 Å². The summed E-state index contributed by atoms with van der Waals surface area (Å²) in [6.07, 6.45) is 0.562. The third-order valence-electron chi connectivity index (χ3n) is 9.12. The maximum Gasteiger partial charge on any atom is 0 e. The molecule has 0 aliphatic rings. The molecule has 0 spiro atoms. The Morgan fingerprint density at radius 1 is 0.827 bits per heavy atom. The van der Waals surface area contributed by atoms with Crippen LogP contribution in [0.15, 0.2) is 114 Å². The zero-order valence-electron chi connectivity index (χ0n) is 33.1. The van der Waals surface area contributed by atoms with E-state index in [1.54, 1.807) is 0 Å². The molecule has 3 aromatic heterocycles. The van der Waals surface area contributed by atoms with Crippen molar-refractivity contribution in [3.63, 3.8) is 0 Å². The number of para-hydroxylation sites is 3. The molecule has 6 heteroatoms. The van der Waals surface area contributed by atoms with Crippen LogP contribution in [0.2, 0.25) is 17.3 Å². The molecule has 52 heavy (non-hydrogen) atoms. The van der Waals surface area contributed by atoms with Crippen molar-refractivity contribution in [2.45, 2.75) is 58.3 Å². The second kappa shape index (κ2) is 15.4. The van der Waals surface area contributed by atoms with Crippen LogP contribution < -0.4 is 4.40 Å². The molecule has 0 amide bonds. The number of aryl methyl sites for hydroxylation is 3. The molecule has 0 unspecified atom stereocenters. The number of rotatable bonds is 6. The predicted molar refractivity (Wildman–Crippen MR) is 217 cm³/mol. The number of hydrogen-bond acceptors (Lipinski definition) is 3. The van der Waals surface area contributed by atoms with Crippen LogP contribution in [0.4, 0.5) is 0 Å². The Bertz CT molecular complexity index is 2580. The number of benzene rings is 5. The predicted octanol–water partition coefficient (Wildman–Crippen LogP) is 11.6. The number of pyridine rings is 1. The molecule has 0 saturated heterocycles. The van der Waals surface area contributed by atoms with Crippen LogP contribution in [0.1, 0.15) is 38.8 Å². The third-order valence-corrected chi connectivity index (χ3v) is 13.3. The maximum atomic E-state index is 8.56. The van der Waals surface area contributed by atoms with E-state index in [1.807, 2.05) is 80.7 Å². The van der Waals surface area contributed by atoms with Crippen LogP contribution in [0.25, 0.3) is 61.3 Å². The molecule has 0 fully saturated rings. The van der Waals surface area contributed by atoms with Gasteiger partial charge >= 0.3 is 128 Å². The quantitative estimate of drug-likeness (QED) is 0.123. The van der Waals surface area contributed by atoms with E-state index in [0.29, 0.717) is 0 Å². The summed E-state index contributed by atoms with van der Waals surface area (Å²) in [6.45, 7) is 10.3. The summed E-state index contributed by atoms with van der Waals surface area (Å²) in [5.74, 6) is 7.62. The number of aromatic nitrogens is 3. The van der Waals surface area contributed by atoms with Crippen molar-refractivity contribution in [2.24, 2.45) is 5.92 Å². The van der Waals surface area contributed by atoms with E-state index in [0.717, 1.165) is 71.3 Å². The van der Waals surface area contributed by atoms with Crippen molar-refractivity contribution in [3.05, 3.63) is 144 Å². The standard InChI is InChI=1S/C28H21N2O.C18H24GeN.Ir/c1-17-15-18(2)26(19(3)16-17)30-24-13-6-5-12-23(24)29-28(30)22-11-8-10-21-20-9-4-7-14-25(20)31-27(21)22;1-14(2)11-16-12-18(15-9-7-6-8-10-15)20-13-17(16)19(3,4)5;/h4-10,12-16H,1-3H3;6-9,12-14H,11H2,1-5H3;/q2*-1;/i;11D2;. The van der Waals surface area contributed by atoms with Gasteiger partial charge in [-0.3, -0.25) is 4.98 Å². The van der Waals surface area contributed by atoms with Gasteiger partial charge in [0.25, 0.3) is 0 Å². The van der Waals surface area contributed by atoms with Crippen molar-refractivity contribution in [1.29, 1.82) is 0 Å². The molecule has 5 aromatic carbocycles. The second-order valence-corrected chi connectivity index (χ2v) is 25.2. The van der Waals surface area contributed by atoms with Gasteiger partial charge in [0, 0.05) is 31.2 Å². The van der Waals surface area contributed by atoms with Crippen LogP contribution in [0.3, 0.4) is 0 Å². The van der Waals surface area contributed by atoms with Crippen molar-refractivity contribution >= 4 is 50.6 Å². The molecule has 0 aliphatic carbocycles. The van der Waals surface area contributed by atoms with Crippen LogP contribution in [0.5, 0.6) is 0 Å². The van der Waals surface area contributed by atoms with Crippen molar-refractivity contribution in [1.82, 2.24) is 14.5 Å². The van der Waals surface area contributed by atoms with Gasteiger partial charge in [-0.25, -0.2) is 0 Å². The largest absolute Gasteiger partial charge is 0 e. The van der Waals surface area contributed by atoms with Crippen molar-refractivity contribution in [3.8, 4) is 28.3 Å². The minimum Gasteiger partial charge on any atom is 0 e. The van der Waals surface area contributed by atoms with E-state index in [1.165, 1.54) is 16.7 Å². The minimum atomic E-state index is -2.20. The first-order chi connectivity index (χ1) is 25.3. The summed E-state index contributed by atoms with van der Waals surface area (Å²) in [7, 11) is 0. The van der Waals surface area contributed by atoms with E-state index in [2.05, 4.69) is 102 Å². The average Bonchev–Trinajstić information content (AvgIpc) is 3.70.